The van der Waals surface area contributed by atoms with E-state index >= 15 is 0 Å². The summed E-state index contributed by atoms with van der Waals surface area (Å²) in [4.78, 5) is 1.43. The van der Waals surface area contributed by atoms with Crippen molar-refractivity contribution >= 4 is 17.4 Å². The second-order valence-electron chi connectivity index (χ2n) is 3.74. The van der Waals surface area contributed by atoms with Crippen LogP contribution >= 0.6 is 11.3 Å². The summed E-state index contributed by atoms with van der Waals surface area (Å²) in [6, 6.07) is 2.25. The van der Waals surface area contributed by atoms with Gasteiger partial charge in [-0.3, -0.25) is 0 Å². The molecule has 68 valence electrons. The van der Waals surface area contributed by atoms with Crippen molar-refractivity contribution in [2.75, 3.05) is 0 Å². The van der Waals surface area contributed by atoms with Gasteiger partial charge < -0.3 is 0 Å². The zero-order valence-electron chi connectivity index (χ0n) is 8.29. The van der Waals surface area contributed by atoms with Gasteiger partial charge >= 0.3 is 0 Å². The fourth-order valence-corrected chi connectivity index (χ4v) is 2.78. The highest BCUT2D eigenvalue weighted by Crippen LogP contribution is 2.34. The number of hydrogen-bond donors (Lipinski definition) is 0. The SMILES string of the molecule is CC1=Cc2sccc2C(C)C(C)=C1. The molecule has 0 aliphatic heterocycles. The van der Waals surface area contributed by atoms with E-state index in [1.807, 2.05) is 11.3 Å². The van der Waals surface area contributed by atoms with Crippen LogP contribution in [0, 0.1) is 0 Å². The summed E-state index contributed by atoms with van der Waals surface area (Å²) in [5.41, 5.74) is 4.31. The highest BCUT2D eigenvalue weighted by atomic mass is 32.1. The molecule has 1 aromatic heterocycles. The maximum absolute atomic E-state index is 2.29. The minimum Gasteiger partial charge on any atom is -0.144 e. The van der Waals surface area contributed by atoms with E-state index < -0.39 is 0 Å². The number of fused-ring (bicyclic) bond motifs is 1. The molecule has 1 aromatic rings. The second-order valence-corrected chi connectivity index (χ2v) is 4.69. The Bertz CT molecular complexity index is 380. The zero-order valence-corrected chi connectivity index (χ0v) is 9.11. The first-order valence-electron chi connectivity index (χ1n) is 4.62. The fraction of sp³-hybridized carbons (Fsp3) is 0.333. The molecule has 0 nitrogen and oxygen atoms in total. The lowest BCUT2D eigenvalue weighted by Crippen LogP contribution is -1.93. The molecule has 0 N–H and O–H groups in total. The summed E-state index contributed by atoms with van der Waals surface area (Å²) in [5.74, 6) is 0.579. The summed E-state index contributed by atoms with van der Waals surface area (Å²) >= 11 is 1.84. The van der Waals surface area contributed by atoms with E-state index in [9.17, 15) is 0 Å². The maximum atomic E-state index is 2.29. The average molecular weight is 190 g/mol. The van der Waals surface area contributed by atoms with Crippen LogP contribution in [0.2, 0.25) is 0 Å². The standard InChI is InChI=1S/C12H14S/c1-8-6-9(2)10(3)11-4-5-13-12(11)7-8/h4-7,10H,1-3H3. The van der Waals surface area contributed by atoms with Crippen LogP contribution in [-0.4, -0.2) is 0 Å². The van der Waals surface area contributed by atoms with Gasteiger partial charge in [0.25, 0.3) is 0 Å². The molecule has 1 heteroatoms. The zero-order chi connectivity index (χ0) is 9.42. The Morgan fingerprint density at radius 1 is 1.23 bits per heavy atom. The van der Waals surface area contributed by atoms with Crippen LogP contribution in [0.4, 0.5) is 0 Å². The number of allylic oxidation sites excluding steroid dienone is 3. The summed E-state index contributed by atoms with van der Waals surface area (Å²) in [5, 5.41) is 2.18. The van der Waals surface area contributed by atoms with Crippen molar-refractivity contribution in [2.45, 2.75) is 26.7 Å². The molecule has 1 heterocycles. The van der Waals surface area contributed by atoms with Crippen molar-refractivity contribution in [3.8, 4) is 0 Å². The van der Waals surface area contributed by atoms with E-state index in [2.05, 4.69) is 44.4 Å². The van der Waals surface area contributed by atoms with E-state index in [0.29, 0.717) is 5.92 Å². The van der Waals surface area contributed by atoms with E-state index in [-0.39, 0.29) is 0 Å². The smallest absolute Gasteiger partial charge is 0.0310 e. The molecule has 0 amide bonds. The average Bonchev–Trinajstić information content (AvgIpc) is 2.47. The Balaban J connectivity index is 2.59. The van der Waals surface area contributed by atoms with Gasteiger partial charge in [0.05, 0.1) is 0 Å². The van der Waals surface area contributed by atoms with Crippen LogP contribution in [0.15, 0.2) is 28.7 Å². The Labute approximate surface area is 83.6 Å². The van der Waals surface area contributed by atoms with Crippen LogP contribution in [0.3, 0.4) is 0 Å². The molecule has 0 saturated carbocycles. The molecule has 1 atom stereocenters. The molecule has 1 unspecified atom stereocenters. The molecule has 0 spiro atoms. The van der Waals surface area contributed by atoms with Gasteiger partial charge in [-0.2, -0.15) is 0 Å². The van der Waals surface area contributed by atoms with Crippen molar-refractivity contribution in [1.82, 2.24) is 0 Å². The molecule has 2 rings (SSSR count). The maximum Gasteiger partial charge on any atom is 0.0310 e. The highest BCUT2D eigenvalue weighted by Gasteiger charge is 2.14. The lowest BCUT2D eigenvalue weighted by atomic mass is 9.95. The first kappa shape index (κ1) is 8.76. The molecule has 1 aliphatic carbocycles. The van der Waals surface area contributed by atoms with E-state index in [1.54, 1.807) is 0 Å². The Morgan fingerprint density at radius 2 is 2.00 bits per heavy atom. The first-order chi connectivity index (χ1) is 6.18. The lowest BCUT2D eigenvalue weighted by molar-refractivity contribution is 0.899. The largest absolute Gasteiger partial charge is 0.144 e. The topological polar surface area (TPSA) is 0 Å². The second kappa shape index (κ2) is 3.15. The first-order valence-corrected chi connectivity index (χ1v) is 5.50. The van der Waals surface area contributed by atoms with Crippen molar-refractivity contribution < 1.29 is 0 Å². The Hall–Kier alpha value is -0.820. The van der Waals surface area contributed by atoms with Crippen LogP contribution in [0.25, 0.3) is 6.08 Å². The van der Waals surface area contributed by atoms with Gasteiger partial charge in [-0.05, 0) is 42.5 Å². The highest BCUT2D eigenvalue weighted by molar-refractivity contribution is 7.11. The molecule has 13 heavy (non-hydrogen) atoms. The van der Waals surface area contributed by atoms with Crippen LogP contribution in [-0.2, 0) is 0 Å². The van der Waals surface area contributed by atoms with E-state index in [4.69, 9.17) is 0 Å². The monoisotopic (exact) mass is 190 g/mol. The van der Waals surface area contributed by atoms with Crippen LogP contribution < -0.4 is 0 Å². The van der Waals surface area contributed by atoms with Gasteiger partial charge in [0.1, 0.15) is 0 Å². The molecule has 0 radical (unpaired) electrons. The van der Waals surface area contributed by atoms with Crippen LogP contribution in [0.5, 0.6) is 0 Å². The molecule has 0 bridgehead atoms. The van der Waals surface area contributed by atoms with Gasteiger partial charge in [0.2, 0.25) is 0 Å². The minimum absolute atomic E-state index is 0.579. The molecular formula is C12H14S. The fourth-order valence-electron chi connectivity index (χ4n) is 1.78. The molecular weight excluding hydrogens is 176 g/mol. The number of rotatable bonds is 0. The predicted molar refractivity (Wildman–Crippen MR) is 60.1 cm³/mol. The Kier molecular flexibility index (Phi) is 2.12. The molecule has 1 aliphatic rings. The van der Waals surface area contributed by atoms with Gasteiger partial charge in [-0.15, -0.1) is 11.3 Å². The Morgan fingerprint density at radius 3 is 2.77 bits per heavy atom. The van der Waals surface area contributed by atoms with E-state index in [0.717, 1.165) is 0 Å². The third-order valence-corrected chi connectivity index (χ3v) is 3.57. The summed E-state index contributed by atoms with van der Waals surface area (Å²) in [7, 11) is 0. The van der Waals surface area contributed by atoms with Crippen molar-refractivity contribution in [2.24, 2.45) is 0 Å². The predicted octanol–water partition coefficient (Wildman–Crippen LogP) is 4.21. The molecule has 0 fully saturated rings. The summed E-state index contributed by atoms with van der Waals surface area (Å²) < 4.78 is 0. The minimum atomic E-state index is 0.579. The summed E-state index contributed by atoms with van der Waals surface area (Å²) in [6.07, 6.45) is 4.57. The van der Waals surface area contributed by atoms with Crippen LogP contribution in [0.1, 0.15) is 37.1 Å². The van der Waals surface area contributed by atoms with Gasteiger partial charge in [0.15, 0.2) is 0 Å². The van der Waals surface area contributed by atoms with Gasteiger partial charge in [0, 0.05) is 10.8 Å². The normalized spacial score (nSPS) is 21.6. The third kappa shape index (κ3) is 1.49. The number of thiophene rings is 1. The van der Waals surface area contributed by atoms with Gasteiger partial charge in [-0.1, -0.05) is 18.6 Å². The van der Waals surface area contributed by atoms with Crippen molar-refractivity contribution in [1.29, 1.82) is 0 Å². The van der Waals surface area contributed by atoms with Crippen molar-refractivity contribution in [3.63, 3.8) is 0 Å². The summed E-state index contributed by atoms with van der Waals surface area (Å²) in [6.45, 7) is 6.67. The van der Waals surface area contributed by atoms with Crippen molar-refractivity contribution in [3.05, 3.63) is 39.1 Å². The quantitative estimate of drug-likeness (QED) is 0.574. The van der Waals surface area contributed by atoms with E-state index in [1.165, 1.54) is 21.6 Å². The number of hydrogen-bond acceptors (Lipinski definition) is 1. The molecule has 0 aromatic carbocycles. The third-order valence-electron chi connectivity index (χ3n) is 2.69. The molecule has 0 saturated heterocycles. The van der Waals surface area contributed by atoms with Gasteiger partial charge in [-0.25, -0.2) is 0 Å². The lowest BCUT2D eigenvalue weighted by Gasteiger charge is -2.09.